The van der Waals surface area contributed by atoms with E-state index in [2.05, 4.69) is 18.0 Å². The van der Waals surface area contributed by atoms with Gasteiger partial charge >= 0.3 is 0 Å². The number of furan rings is 1. The number of allylic oxidation sites excluding steroid dienone is 1. The predicted molar refractivity (Wildman–Crippen MR) is 80.9 cm³/mol. The first-order valence-corrected chi connectivity index (χ1v) is 6.79. The van der Waals surface area contributed by atoms with Crippen LogP contribution in [-0.2, 0) is 19.6 Å². The van der Waals surface area contributed by atoms with E-state index in [0.29, 0.717) is 6.61 Å². The smallest absolute Gasteiger partial charge is 0.146 e. The van der Waals surface area contributed by atoms with Gasteiger partial charge < -0.3 is 14.5 Å². The second-order valence-corrected chi connectivity index (χ2v) is 4.74. The van der Waals surface area contributed by atoms with Crippen molar-refractivity contribution in [2.45, 2.75) is 26.5 Å². The minimum atomic E-state index is 0.443. The number of hydrogen-bond donors (Lipinski definition) is 1. The van der Waals surface area contributed by atoms with Crippen molar-refractivity contribution in [1.29, 1.82) is 0 Å². The Labute approximate surface area is 120 Å². The van der Waals surface area contributed by atoms with Gasteiger partial charge in [-0.25, -0.2) is 0 Å². The van der Waals surface area contributed by atoms with Crippen LogP contribution in [0.2, 0.25) is 0 Å². The maximum absolute atomic E-state index is 5.86. The van der Waals surface area contributed by atoms with Crippen molar-refractivity contribution in [3.05, 3.63) is 65.6 Å². The Balaban J connectivity index is 2.05. The molecule has 20 heavy (non-hydrogen) atoms. The van der Waals surface area contributed by atoms with E-state index < -0.39 is 0 Å². The van der Waals surface area contributed by atoms with Crippen LogP contribution in [-0.4, -0.2) is 7.05 Å². The molecule has 0 saturated heterocycles. The Morgan fingerprint density at radius 3 is 2.90 bits per heavy atom. The van der Waals surface area contributed by atoms with Gasteiger partial charge in [0.15, 0.2) is 0 Å². The maximum Gasteiger partial charge on any atom is 0.146 e. The topological polar surface area (TPSA) is 34.4 Å². The molecule has 1 N–H and O–H groups in total. The largest absolute Gasteiger partial charge is 0.485 e. The van der Waals surface area contributed by atoms with Gasteiger partial charge in [0.1, 0.15) is 23.9 Å². The third-order valence-electron chi connectivity index (χ3n) is 3.12. The highest BCUT2D eigenvalue weighted by molar-refractivity contribution is 5.34. The Morgan fingerprint density at radius 2 is 2.15 bits per heavy atom. The highest BCUT2D eigenvalue weighted by Crippen LogP contribution is 2.21. The van der Waals surface area contributed by atoms with Crippen molar-refractivity contribution in [2.75, 3.05) is 7.05 Å². The number of hydrogen-bond acceptors (Lipinski definition) is 3. The van der Waals surface area contributed by atoms with Gasteiger partial charge in [0.05, 0.1) is 6.54 Å². The highest BCUT2D eigenvalue weighted by Gasteiger charge is 2.08. The van der Waals surface area contributed by atoms with E-state index in [1.807, 2.05) is 44.3 Å². The molecule has 1 heterocycles. The van der Waals surface area contributed by atoms with Crippen molar-refractivity contribution in [3.63, 3.8) is 0 Å². The van der Waals surface area contributed by atoms with Crippen LogP contribution in [0.5, 0.6) is 5.75 Å². The van der Waals surface area contributed by atoms with Gasteiger partial charge in [-0.1, -0.05) is 24.3 Å². The molecular weight excluding hydrogens is 250 g/mol. The Bertz CT molecular complexity index is 572. The third-order valence-corrected chi connectivity index (χ3v) is 3.12. The Hall–Kier alpha value is -2.00. The van der Waals surface area contributed by atoms with Gasteiger partial charge in [0.25, 0.3) is 0 Å². The molecule has 3 nitrogen and oxygen atoms in total. The molecule has 0 aliphatic carbocycles. The van der Waals surface area contributed by atoms with Crippen LogP contribution in [0.3, 0.4) is 0 Å². The summed E-state index contributed by atoms with van der Waals surface area (Å²) in [4.78, 5) is 0. The molecule has 106 valence electrons. The first kappa shape index (κ1) is 14.4. The molecule has 0 spiro atoms. The first-order chi connectivity index (χ1) is 9.74. The predicted octanol–water partition coefficient (Wildman–Crippen LogP) is 3.61. The van der Waals surface area contributed by atoms with Crippen molar-refractivity contribution >= 4 is 0 Å². The number of rotatable bonds is 7. The van der Waals surface area contributed by atoms with Crippen LogP contribution < -0.4 is 10.1 Å². The van der Waals surface area contributed by atoms with Crippen LogP contribution in [0.1, 0.15) is 22.6 Å². The number of aryl methyl sites for hydroxylation is 1. The zero-order chi connectivity index (χ0) is 14.4. The molecule has 0 aliphatic heterocycles. The molecule has 2 rings (SSSR count). The van der Waals surface area contributed by atoms with E-state index in [4.69, 9.17) is 9.15 Å². The molecule has 0 amide bonds. The summed E-state index contributed by atoms with van der Waals surface area (Å²) in [6, 6.07) is 10.0. The molecule has 0 radical (unpaired) electrons. The van der Waals surface area contributed by atoms with Gasteiger partial charge in [-0.3, -0.25) is 0 Å². The van der Waals surface area contributed by atoms with Crippen LogP contribution in [0.25, 0.3) is 0 Å². The summed E-state index contributed by atoms with van der Waals surface area (Å²) in [5, 5.41) is 3.09. The summed E-state index contributed by atoms with van der Waals surface area (Å²) >= 11 is 0. The van der Waals surface area contributed by atoms with Crippen LogP contribution in [0.4, 0.5) is 0 Å². The summed E-state index contributed by atoms with van der Waals surface area (Å²) < 4.78 is 11.6. The average molecular weight is 271 g/mol. The molecule has 0 aliphatic rings. The lowest BCUT2D eigenvalue weighted by atomic mass is 10.1. The number of para-hydroxylation sites is 1. The van der Waals surface area contributed by atoms with Gasteiger partial charge in [-0.15, -0.1) is 6.58 Å². The minimum absolute atomic E-state index is 0.443. The molecule has 0 unspecified atom stereocenters. The zero-order valence-electron chi connectivity index (χ0n) is 12.1. The second-order valence-electron chi connectivity index (χ2n) is 4.74. The summed E-state index contributed by atoms with van der Waals surface area (Å²) in [6.07, 6.45) is 2.68. The molecule has 1 aromatic carbocycles. The number of ether oxygens (including phenoxy) is 1. The normalized spacial score (nSPS) is 10.5. The van der Waals surface area contributed by atoms with E-state index in [-0.39, 0.29) is 0 Å². The standard InChI is InChI=1S/C17H21NO2/c1-4-7-14-8-5-6-9-16(14)19-12-15-10-13(2)17(20-15)11-18-3/h4-6,8-10,18H,1,7,11-12H2,2-3H3. The third kappa shape index (κ3) is 3.52. The first-order valence-electron chi connectivity index (χ1n) is 6.79. The Kier molecular flexibility index (Phi) is 5.02. The molecular formula is C17H21NO2. The molecule has 3 heteroatoms. The molecule has 2 aromatic rings. The van der Waals surface area contributed by atoms with E-state index >= 15 is 0 Å². The fourth-order valence-electron chi connectivity index (χ4n) is 2.12. The molecule has 0 fully saturated rings. The summed E-state index contributed by atoms with van der Waals surface area (Å²) in [6.45, 7) is 6.99. The fraction of sp³-hybridized carbons (Fsp3) is 0.294. The fourth-order valence-corrected chi connectivity index (χ4v) is 2.12. The Morgan fingerprint density at radius 1 is 1.35 bits per heavy atom. The molecule has 0 saturated carbocycles. The minimum Gasteiger partial charge on any atom is -0.485 e. The van der Waals surface area contributed by atoms with Crippen molar-refractivity contribution in [1.82, 2.24) is 5.32 Å². The lowest BCUT2D eigenvalue weighted by Crippen LogP contribution is -2.04. The van der Waals surface area contributed by atoms with E-state index in [0.717, 1.165) is 41.4 Å². The second kappa shape index (κ2) is 6.96. The SMILES string of the molecule is C=CCc1ccccc1OCc1cc(C)c(CNC)o1. The maximum atomic E-state index is 5.86. The number of nitrogens with one attached hydrogen (secondary N) is 1. The van der Waals surface area contributed by atoms with Crippen molar-refractivity contribution < 1.29 is 9.15 Å². The van der Waals surface area contributed by atoms with E-state index in [1.165, 1.54) is 0 Å². The lowest BCUT2D eigenvalue weighted by molar-refractivity contribution is 0.263. The monoisotopic (exact) mass is 271 g/mol. The van der Waals surface area contributed by atoms with Crippen molar-refractivity contribution in [2.24, 2.45) is 0 Å². The summed E-state index contributed by atoms with van der Waals surface area (Å²) in [5.41, 5.74) is 2.29. The number of benzene rings is 1. The van der Waals surface area contributed by atoms with Crippen LogP contribution in [0.15, 0.2) is 47.4 Å². The summed E-state index contributed by atoms with van der Waals surface area (Å²) in [5.74, 6) is 2.70. The molecule has 0 bridgehead atoms. The zero-order valence-corrected chi connectivity index (χ0v) is 12.1. The van der Waals surface area contributed by atoms with Gasteiger partial charge in [0.2, 0.25) is 0 Å². The lowest BCUT2D eigenvalue weighted by Gasteiger charge is -2.08. The average Bonchev–Trinajstić information content (AvgIpc) is 2.79. The van der Waals surface area contributed by atoms with Gasteiger partial charge in [-0.2, -0.15) is 0 Å². The van der Waals surface area contributed by atoms with Crippen LogP contribution >= 0.6 is 0 Å². The van der Waals surface area contributed by atoms with E-state index in [1.54, 1.807) is 0 Å². The molecule has 0 atom stereocenters. The van der Waals surface area contributed by atoms with Crippen molar-refractivity contribution in [3.8, 4) is 5.75 Å². The quantitative estimate of drug-likeness (QED) is 0.781. The van der Waals surface area contributed by atoms with Gasteiger partial charge in [0, 0.05) is 0 Å². The van der Waals surface area contributed by atoms with E-state index in [9.17, 15) is 0 Å². The van der Waals surface area contributed by atoms with Gasteiger partial charge in [-0.05, 0) is 43.7 Å². The molecule has 1 aromatic heterocycles. The van der Waals surface area contributed by atoms with Crippen LogP contribution in [0, 0.1) is 6.92 Å². The summed E-state index contributed by atoms with van der Waals surface area (Å²) in [7, 11) is 1.91. The highest BCUT2D eigenvalue weighted by atomic mass is 16.5.